The number of nitrogens with one attached hydrogen (secondary N) is 1. The third-order valence-electron chi connectivity index (χ3n) is 3.14. The Balaban J connectivity index is 2.24. The lowest BCUT2D eigenvalue weighted by Crippen LogP contribution is -2.36. The topological polar surface area (TPSA) is 99.0 Å². The van der Waals surface area contributed by atoms with Crippen LogP contribution in [0.5, 0.6) is 0 Å². The molecule has 1 aromatic carbocycles. The molecule has 6 nitrogen and oxygen atoms in total. The van der Waals surface area contributed by atoms with Gasteiger partial charge in [-0.15, -0.1) is 0 Å². The third kappa shape index (κ3) is 3.25. The maximum atomic E-state index is 11.9. The number of para-hydroxylation sites is 1. The smallest absolute Gasteiger partial charge is 0.328 e. The number of rotatable bonds is 5. The Bertz CT molecular complexity index is 777. The predicted octanol–water partition coefficient (Wildman–Crippen LogP) is 2.04. The van der Waals surface area contributed by atoms with Crippen molar-refractivity contribution in [1.82, 2.24) is 5.32 Å². The number of methoxy groups -OCH3 is 1. The van der Waals surface area contributed by atoms with E-state index in [1.807, 2.05) is 24.3 Å². The second kappa shape index (κ2) is 6.96. The van der Waals surface area contributed by atoms with E-state index >= 15 is 0 Å². The summed E-state index contributed by atoms with van der Waals surface area (Å²) in [5, 5.41) is 21.1. The average Bonchev–Trinajstić information content (AvgIpc) is 2.97. The van der Waals surface area contributed by atoms with Gasteiger partial charge in [-0.3, -0.25) is 0 Å². The van der Waals surface area contributed by atoms with Crippen molar-refractivity contribution in [3.8, 4) is 12.1 Å². The highest BCUT2D eigenvalue weighted by molar-refractivity contribution is 5.83. The maximum Gasteiger partial charge on any atom is 0.328 e. The van der Waals surface area contributed by atoms with E-state index in [-0.39, 0.29) is 5.57 Å². The lowest BCUT2D eigenvalue weighted by molar-refractivity contribution is -0.142. The van der Waals surface area contributed by atoms with Gasteiger partial charge in [-0.25, -0.2) is 4.79 Å². The fourth-order valence-corrected chi connectivity index (χ4v) is 2.04. The number of benzene rings is 1. The molecule has 1 atom stereocenters. The summed E-state index contributed by atoms with van der Waals surface area (Å²) in [6, 6.07) is 10.2. The Morgan fingerprint density at radius 1 is 1.41 bits per heavy atom. The Morgan fingerprint density at radius 2 is 2.14 bits per heavy atom. The number of fused-ring (bicyclic) bond motifs is 1. The fraction of sp³-hybridized carbons (Fsp3) is 0.188. The number of furan rings is 1. The number of carbonyl (C=O) groups is 1. The van der Waals surface area contributed by atoms with Gasteiger partial charge in [0.1, 0.15) is 29.3 Å². The minimum absolute atomic E-state index is 0.119. The standard InChI is InChI=1S/C16H13N3O3/c1-21-16(20)14(19-9-11(7-17)8-18)6-12-10-22-15-5-3-2-4-13(12)15/h2-5,9-10,14,19H,6H2,1H3. The highest BCUT2D eigenvalue weighted by Crippen LogP contribution is 2.22. The first-order valence-electron chi connectivity index (χ1n) is 6.49. The van der Waals surface area contributed by atoms with Gasteiger partial charge >= 0.3 is 5.97 Å². The molecule has 0 radical (unpaired) electrons. The molecular formula is C16H13N3O3. The van der Waals surface area contributed by atoms with Gasteiger partial charge in [-0.05, 0) is 6.07 Å². The average molecular weight is 295 g/mol. The van der Waals surface area contributed by atoms with Crippen molar-refractivity contribution in [2.45, 2.75) is 12.5 Å². The Morgan fingerprint density at radius 3 is 2.82 bits per heavy atom. The van der Waals surface area contributed by atoms with Gasteiger partial charge in [0, 0.05) is 23.6 Å². The molecule has 2 rings (SSSR count). The monoisotopic (exact) mass is 295 g/mol. The van der Waals surface area contributed by atoms with E-state index < -0.39 is 12.0 Å². The second-order valence-electron chi connectivity index (χ2n) is 4.49. The Labute approximate surface area is 127 Å². The number of hydrogen-bond donors (Lipinski definition) is 1. The van der Waals surface area contributed by atoms with Gasteiger partial charge in [0.25, 0.3) is 0 Å². The van der Waals surface area contributed by atoms with Crippen LogP contribution in [0.4, 0.5) is 0 Å². The fourth-order valence-electron chi connectivity index (χ4n) is 2.04. The normalized spacial score (nSPS) is 11.0. The molecule has 0 aliphatic heterocycles. The first-order chi connectivity index (χ1) is 10.7. The van der Waals surface area contributed by atoms with Crippen LogP contribution in [-0.4, -0.2) is 19.1 Å². The van der Waals surface area contributed by atoms with E-state index in [4.69, 9.17) is 19.7 Å². The molecule has 1 N–H and O–H groups in total. The summed E-state index contributed by atoms with van der Waals surface area (Å²) in [6.07, 6.45) is 3.11. The number of esters is 1. The molecule has 0 bridgehead atoms. The number of nitriles is 2. The van der Waals surface area contributed by atoms with Gasteiger partial charge < -0.3 is 14.5 Å². The molecule has 0 amide bonds. The van der Waals surface area contributed by atoms with Gasteiger partial charge in [-0.1, -0.05) is 18.2 Å². The zero-order valence-corrected chi connectivity index (χ0v) is 11.9. The van der Waals surface area contributed by atoms with Gasteiger partial charge in [0.2, 0.25) is 0 Å². The minimum atomic E-state index is -0.720. The molecule has 110 valence electrons. The summed E-state index contributed by atoms with van der Waals surface area (Å²) >= 11 is 0. The summed E-state index contributed by atoms with van der Waals surface area (Å²) in [4.78, 5) is 11.9. The van der Waals surface area contributed by atoms with Crippen molar-refractivity contribution in [2.75, 3.05) is 7.11 Å². The molecule has 0 aliphatic carbocycles. The summed E-state index contributed by atoms with van der Waals surface area (Å²) in [5.74, 6) is -0.489. The SMILES string of the molecule is COC(=O)C(Cc1coc2ccccc12)NC=C(C#N)C#N. The van der Waals surface area contributed by atoms with Crippen molar-refractivity contribution in [3.63, 3.8) is 0 Å². The second-order valence-corrected chi connectivity index (χ2v) is 4.49. The molecule has 6 heteroatoms. The van der Waals surface area contributed by atoms with Crippen LogP contribution < -0.4 is 5.32 Å². The minimum Gasteiger partial charge on any atom is -0.467 e. The Hall–Kier alpha value is -3.25. The number of nitrogens with zero attached hydrogens (tertiary/aromatic N) is 2. The van der Waals surface area contributed by atoms with Crippen LogP contribution in [0, 0.1) is 22.7 Å². The lowest BCUT2D eigenvalue weighted by atomic mass is 10.1. The molecule has 1 aromatic heterocycles. The van der Waals surface area contributed by atoms with E-state index in [1.54, 1.807) is 18.4 Å². The molecule has 1 heterocycles. The zero-order valence-electron chi connectivity index (χ0n) is 11.9. The summed E-state index contributed by atoms with van der Waals surface area (Å²) in [5.41, 5.74) is 1.44. The lowest BCUT2D eigenvalue weighted by Gasteiger charge is -2.14. The van der Waals surface area contributed by atoms with Crippen molar-refractivity contribution >= 4 is 16.9 Å². The van der Waals surface area contributed by atoms with E-state index in [0.717, 1.165) is 16.5 Å². The number of hydrogen-bond acceptors (Lipinski definition) is 6. The van der Waals surface area contributed by atoms with Crippen LogP contribution in [0.1, 0.15) is 5.56 Å². The largest absolute Gasteiger partial charge is 0.467 e. The molecule has 1 unspecified atom stereocenters. The number of allylic oxidation sites excluding steroid dienone is 1. The summed E-state index contributed by atoms with van der Waals surface area (Å²) in [6.45, 7) is 0. The number of ether oxygens (including phenoxy) is 1. The first-order valence-corrected chi connectivity index (χ1v) is 6.49. The van der Waals surface area contributed by atoms with E-state index in [9.17, 15) is 4.79 Å². The van der Waals surface area contributed by atoms with Crippen molar-refractivity contribution in [3.05, 3.63) is 47.9 Å². The zero-order chi connectivity index (χ0) is 15.9. The first kappa shape index (κ1) is 15.1. The van der Waals surface area contributed by atoms with Crippen LogP contribution in [0.2, 0.25) is 0 Å². The molecule has 2 aromatic rings. The molecule has 0 fully saturated rings. The third-order valence-corrected chi connectivity index (χ3v) is 3.14. The van der Waals surface area contributed by atoms with Crippen LogP contribution in [0.25, 0.3) is 11.0 Å². The van der Waals surface area contributed by atoms with Crippen molar-refractivity contribution < 1.29 is 13.9 Å². The highest BCUT2D eigenvalue weighted by Gasteiger charge is 2.20. The van der Waals surface area contributed by atoms with E-state index in [2.05, 4.69) is 5.32 Å². The quantitative estimate of drug-likeness (QED) is 0.669. The molecule has 0 aliphatic rings. The van der Waals surface area contributed by atoms with Gasteiger partial charge in [-0.2, -0.15) is 10.5 Å². The van der Waals surface area contributed by atoms with Crippen LogP contribution >= 0.6 is 0 Å². The van der Waals surface area contributed by atoms with Gasteiger partial charge in [0.05, 0.1) is 13.4 Å². The van der Waals surface area contributed by atoms with Crippen molar-refractivity contribution in [1.29, 1.82) is 10.5 Å². The molecular weight excluding hydrogens is 282 g/mol. The summed E-state index contributed by atoms with van der Waals surface area (Å²) < 4.78 is 10.2. The number of carbonyl (C=O) groups excluding carboxylic acids is 1. The highest BCUT2D eigenvalue weighted by atomic mass is 16.5. The van der Waals surface area contributed by atoms with E-state index in [0.29, 0.717) is 6.42 Å². The summed E-state index contributed by atoms with van der Waals surface area (Å²) in [7, 11) is 1.28. The molecule has 0 saturated heterocycles. The van der Waals surface area contributed by atoms with Crippen molar-refractivity contribution in [2.24, 2.45) is 0 Å². The molecule has 0 saturated carbocycles. The molecule has 22 heavy (non-hydrogen) atoms. The van der Waals surface area contributed by atoms with Crippen LogP contribution in [-0.2, 0) is 16.0 Å². The molecule has 0 spiro atoms. The van der Waals surface area contributed by atoms with Crippen LogP contribution in [0.15, 0.2) is 46.7 Å². The Kier molecular flexibility index (Phi) is 4.79. The van der Waals surface area contributed by atoms with Crippen LogP contribution in [0.3, 0.4) is 0 Å². The maximum absolute atomic E-state index is 11.9. The predicted molar refractivity (Wildman–Crippen MR) is 78.2 cm³/mol. The van der Waals surface area contributed by atoms with E-state index in [1.165, 1.54) is 13.3 Å². The van der Waals surface area contributed by atoms with Gasteiger partial charge in [0.15, 0.2) is 0 Å².